The van der Waals surface area contributed by atoms with Crippen molar-refractivity contribution >= 4 is 29.2 Å². The molecule has 0 aliphatic carbocycles. The molecule has 25 heavy (non-hydrogen) atoms. The molecule has 6 nitrogen and oxygen atoms in total. The van der Waals surface area contributed by atoms with Crippen LogP contribution in [0.25, 0.3) is 0 Å². The van der Waals surface area contributed by atoms with Gasteiger partial charge in [-0.2, -0.15) is 0 Å². The minimum Gasteiger partial charge on any atom is -0.465 e. The number of hydrogen-bond donors (Lipinski definition) is 2. The zero-order chi connectivity index (χ0) is 18.6. The minimum absolute atomic E-state index is 0.178. The second-order valence-corrected chi connectivity index (χ2v) is 5.02. The second-order valence-electron chi connectivity index (χ2n) is 5.02. The molecule has 2 aromatic rings. The fourth-order valence-corrected chi connectivity index (χ4v) is 2.01. The van der Waals surface area contributed by atoms with Crippen LogP contribution in [0.5, 0.6) is 0 Å². The van der Waals surface area contributed by atoms with Gasteiger partial charge in [0, 0.05) is 24.2 Å². The van der Waals surface area contributed by atoms with E-state index >= 15 is 0 Å². The SMILES string of the molecule is COC(=O)c1cc(NC(=O)c2ccc(NC(C)=O)cc2)c(F)cc1F. The maximum absolute atomic E-state index is 13.8. The van der Waals surface area contributed by atoms with E-state index < -0.39 is 29.1 Å². The molecule has 2 N–H and O–H groups in total. The summed E-state index contributed by atoms with van der Waals surface area (Å²) in [6.45, 7) is 1.34. The van der Waals surface area contributed by atoms with Gasteiger partial charge in [0.05, 0.1) is 18.4 Å². The van der Waals surface area contributed by atoms with Gasteiger partial charge < -0.3 is 15.4 Å². The highest BCUT2D eigenvalue weighted by Gasteiger charge is 2.18. The Hall–Kier alpha value is -3.29. The van der Waals surface area contributed by atoms with Gasteiger partial charge in [0.25, 0.3) is 5.91 Å². The lowest BCUT2D eigenvalue weighted by atomic mass is 10.1. The molecule has 0 fully saturated rings. The highest BCUT2D eigenvalue weighted by molar-refractivity contribution is 6.05. The first-order chi connectivity index (χ1) is 11.8. The van der Waals surface area contributed by atoms with Crippen molar-refractivity contribution in [3.8, 4) is 0 Å². The molecule has 0 bridgehead atoms. The van der Waals surface area contributed by atoms with Crippen molar-refractivity contribution in [1.82, 2.24) is 0 Å². The van der Waals surface area contributed by atoms with Crippen LogP contribution in [0, 0.1) is 11.6 Å². The molecule has 0 aromatic heterocycles. The number of nitrogens with one attached hydrogen (secondary N) is 2. The van der Waals surface area contributed by atoms with Crippen LogP contribution in [-0.4, -0.2) is 24.9 Å². The van der Waals surface area contributed by atoms with Crippen molar-refractivity contribution in [3.63, 3.8) is 0 Å². The molecule has 0 saturated carbocycles. The van der Waals surface area contributed by atoms with Crippen LogP contribution < -0.4 is 10.6 Å². The van der Waals surface area contributed by atoms with Gasteiger partial charge >= 0.3 is 5.97 Å². The average molecular weight is 348 g/mol. The first-order valence-electron chi connectivity index (χ1n) is 7.08. The molecule has 0 saturated heterocycles. The van der Waals surface area contributed by atoms with Gasteiger partial charge in [0.15, 0.2) is 0 Å². The lowest BCUT2D eigenvalue weighted by Crippen LogP contribution is -2.15. The molecule has 0 spiro atoms. The lowest BCUT2D eigenvalue weighted by Gasteiger charge is -2.10. The van der Waals surface area contributed by atoms with Crippen molar-refractivity contribution in [2.75, 3.05) is 17.7 Å². The van der Waals surface area contributed by atoms with Gasteiger partial charge in [-0.3, -0.25) is 9.59 Å². The number of halogens is 2. The minimum atomic E-state index is -1.10. The monoisotopic (exact) mass is 348 g/mol. The van der Waals surface area contributed by atoms with Crippen LogP contribution in [0.1, 0.15) is 27.6 Å². The molecule has 8 heteroatoms. The number of rotatable bonds is 4. The average Bonchev–Trinajstić information content (AvgIpc) is 2.56. The Balaban J connectivity index is 2.22. The highest BCUT2D eigenvalue weighted by atomic mass is 19.1. The van der Waals surface area contributed by atoms with Crippen LogP contribution >= 0.6 is 0 Å². The van der Waals surface area contributed by atoms with E-state index in [1.165, 1.54) is 31.2 Å². The summed E-state index contributed by atoms with van der Waals surface area (Å²) >= 11 is 0. The molecule has 0 heterocycles. The molecular weight excluding hydrogens is 334 g/mol. The Morgan fingerprint density at radius 3 is 2.16 bits per heavy atom. The summed E-state index contributed by atoms with van der Waals surface area (Å²) < 4.78 is 31.8. The summed E-state index contributed by atoms with van der Waals surface area (Å²) in [5.74, 6) is -4.06. The van der Waals surface area contributed by atoms with Gasteiger partial charge in [-0.1, -0.05) is 0 Å². The zero-order valence-electron chi connectivity index (χ0n) is 13.4. The van der Waals surface area contributed by atoms with Crippen LogP contribution in [0.15, 0.2) is 36.4 Å². The molecule has 130 valence electrons. The van der Waals surface area contributed by atoms with Crippen LogP contribution in [0.4, 0.5) is 20.2 Å². The van der Waals surface area contributed by atoms with E-state index in [0.717, 1.165) is 13.2 Å². The van der Waals surface area contributed by atoms with Crippen molar-refractivity contribution < 1.29 is 27.9 Å². The van der Waals surface area contributed by atoms with Crippen LogP contribution in [0.2, 0.25) is 0 Å². The Morgan fingerprint density at radius 1 is 0.960 bits per heavy atom. The van der Waals surface area contributed by atoms with Gasteiger partial charge in [-0.15, -0.1) is 0 Å². The number of hydrogen-bond acceptors (Lipinski definition) is 4. The molecular formula is C17H14F2N2O4. The molecule has 2 rings (SSSR count). The predicted octanol–water partition coefficient (Wildman–Crippen LogP) is 2.96. The maximum atomic E-state index is 13.8. The Morgan fingerprint density at radius 2 is 1.60 bits per heavy atom. The third-order valence-electron chi connectivity index (χ3n) is 3.18. The fourth-order valence-electron chi connectivity index (χ4n) is 2.01. The fraction of sp³-hybridized carbons (Fsp3) is 0.118. The molecule has 0 atom stereocenters. The summed E-state index contributed by atoms with van der Waals surface area (Å²) in [5, 5.41) is 4.80. The van der Waals surface area contributed by atoms with E-state index in [1.807, 2.05) is 0 Å². The summed E-state index contributed by atoms with van der Waals surface area (Å²) in [6.07, 6.45) is 0. The number of benzene rings is 2. The number of carbonyl (C=O) groups excluding carboxylic acids is 3. The van der Waals surface area contributed by atoms with Crippen LogP contribution in [0.3, 0.4) is 0 Å². The second kappa shape index (κ2) is 7.52. The largest absolute Gasteiger partial charge is 0.465 e. The van der Waals surface area contributed by atoms with E-state index in [2.05, 4.69) is 15.4 Å². The third kappa shape index (κ3) is 4.37. The lowest BCUT2D eigenvalue weighted by molar-refractivity contribution is -0.114. The highest BCUT2D eigenvalue weighted by Crippen LogP contribution is 2.21. The topological polar surface area (TPSA) is 84.5 Å². The van der Waals surface area contributed by atoms with E-state index in [9.17, 15) is 23.2 Å². The van der Waals surface area contributed by atoms with E-state index in [0.29, 0.717) is 11.8 Å². The van der Waals surface area contributed by atoms with Gasteiger partial charge in [-0.05, 0) is 30.3 Å². The Labute approximate surface area is 141 Å². The van der Waals surface area contributed by atoms with Crippen molar-refractivity contribution in [2.45, 2.75) is 6.92 Å². The zero-order valence-corrected chi connectivity index (χ0v) is 13.4. The number of methoxy groups -OCH3 is 1. The normalized spacial score (nSPS) is 10.1. The summed E-state index contributed by atoms with van der Waals surface area (Å²) in [6, 6.07) is 7.18. The van der Waals surface area contributed by atoms with Crippen molar-refractivity contribution in [3.05, 3.63) is 59.2 Å². The standard InChI is InChI=1S/C17H14F2N2O4/c1-9(22)20-11-5-3-10(4-6-11)16(23)21-15-7-12(17(24)25-2)13(18)8-14(15)19/h3-8H,1-2H3,(H,20,22)(H,21,23). The van der Waals surface area contributed by atoms with E-state index in [-0.39, 0.29) is 17.2 Å². The summed E-state index contributed by atoms with van der Waals surface area (Å²) in [7, 11) is 1.06. The summed E-state index contributed by atoms with van der Waals surface area (Å²) in [4.78, 5) is 34.6. The Kier molecular flexibility index (Phi) is 5.43. The number of esters is 1. The predicted molar refractivity (Wildman–Crippen MR) is 86.4 cm³/mol. The number of anilines is 2. The first kappa shape index (κ1) is 18.1. The molecule has 0 aliphatic heterocycles. The van der Waals surface area contributed by atoms with Crippen LogP contribution in [-0.2, 0) is 9.53 Å². The molecule has 0 aliphatic rings. The van der Waals surface area contributed by atoms with Gasteiger partial charge in [0.1, 0.15) is 11.6 Å². The van der Waals surface area contributed by atoms with Crippen molar-refractivity contribution in [1.29, 1.82) is 0 Å². The molecule has 0 unspecified atom stereocenters. The number of carbonyl (C=O) groups is 3. The van der Waals surface area contributed by atoms with E-state index in [4.69, 9.17) is 0 Å². The van der Waals surface area contributed by atoms with Gasteiger partial charge in [0.2, 0.25) is 5.91 Å². The van der Waals surface area contributed by atoms with Crippen molar-refractivity contribution in [2.24, 2.45) is 0 Å². The third-order valence-corrected chi connectivity index (χ3v) is 3.18. The maximum Gasteiger partial charge on any atom is 0.340 e. The molecule has 2 amide bonds. The number of amides is 2. The number of ether oxygens (including phenoxy) is 1. The molecule has 0 radical (unpaired) electrons. The first-order valence-corrected chi connectivity index (χ1v) is 7.08. The molecule has 2 aromatic carbocycles. The van der Waals surface area contributed by atoms with Gasteiger partial charge in [-0.25, -0.2) is 13.6 Å². The quantitative estimate of drug-likeness (QED) is 0.832. The smallest absolute Gasteiger partial charge is 0.340 e. The van der Waals surface area contributed by atoms with E-state index in [1.54, 1.807) is 0 Å². The Bertz CT molecular complexity index is 835. The summed E-state index contributed by atoms with van der Waals surface area (Å²) in [5.41, 5.74) is -0.194.